The molecule has 0 radical (unpaired) electrons. The molecule has 0 saturated heterocycles. The molecule has 0 fully saturated rings. The average molecular weight is 521 g/mol. The Morgan fingerprint density at radius 1 is 1.00 bits per heavy atom. The second-order valence-corrected chi connectivity index (χ2v) is 8.59. The van der Waals surface area contributed by atoms with Gasteiger partial charge in [0.05, 0.1) is 19.7 Å². The zero-order chi connectivity index (χ0) is 26.2. The zero-order valence-corrected chi connectivity index (χ0v) is 21.8. The van der Waals surface area contributed by atoms with Gasteiger partial charge in [-0.2, -0.15) is 0 Å². The number of unbranched alkanes of at least 4 members (excludes halogenated alkanes) is 2. The van der Waals surface area contributed by atoms with E-state index in [9.17, 15) is 14.7 Å². The maximum atomic E-state index is 12.9. The SMILES string of the molecule is CCCCCOCCN(C(=O)NCCOc1ccc(CC(OCC)C(=O)O)cc1)c1ccc(Cl)cc1. The summed E-state index contributed by atoms with van der Waals surface area (Å²) in [6.45, 7) is 6.38. The van der Waals surface area contributed by atoms with E-state index in [1.807, 2.05) is 12.1 Å². The van der Waals surface area contributed by atoms with Gasteiger partial charge in [0.1, 0.15) is 12.4 Å². The number of carbonyl (C=O) groups excluding carboxylic acids is 1. The summed E-state index contributed by atoms with van der Waals surface area (Å²) in [7, 11) is 0. The second-order valence-electron chi connectivity index (χ2n) is 8.16. The van der Waals surface area contributed by atoms with Crippen molar-refractivity contribution in [2.24, 2.45) is 0 Å². The van der Waals surface area contributed by atoms with E-state index in [4.69, 9.17) is 25.8 Å². The fraction of sp³-hybridized carbons (Fsp3) is 0.481. The van der Waals surface area contributed by atoms with Crippen molar-refractivity contribution in [1.29, 1.82) is 0 Å². The smallest absolute Gasteiger partial charge is 0.333 e. The molecule has 2 amide bonds. The normalized spacial score (nSPS) is 11.6. The van der Waals surface area contributed by atoms with E-state index in [0.717, 1.165) is 30.5 Å². The lowest BCUT2D eigenvalue weighted by molar-refractivity contribution is -0.149. The number of hydrogen-bond acceptors (Lipinski definition) is 5. The lowest BCUT2D eigenvalue weighted by Crippen LogP contribution is -2.43. The van der Waals surface area contributed by atoms with Gasteiger partial charge in [0, 0.05) is 30.3 Å². The number of amides is 2. The van der Waals surface area contributed by atoms with Crippen LogP contribution in [0.2, 0.25) is 5.02 Å². The van der Waals surface area contributed by atoms with Crippen molar-refractivity contribution >= 4 is 29.3 Å². The van der Waals surface area contributed by atoms with Crippen molar-refractivity contribution < 1.29 is 28.9 Å². The monoisotopic (exact) mass is 520 g/mol. The van der Waals surface area contributed by atoms with E-state index in [1.165, 1.54) is 0 Å². The Balaban J connectivity index is 1.82. The molecular formula is C27H37ClN2O6. The predicted molar refractivity (Wildman–Crippen MR) is 141 cm³/mol. The van der Waals surface area contributed by atoms with E-state index < -0.39 is 12.1 Å². The Labute approximate surface area is 218 Å². The van der Waals surface area contributed by atoms with Crippen molar-refractivity contribution in [1.82, 2.24) is 5.32 Å². The molecule has 0 spiro atoms. The quantitative estimate of drug-likeness (QED) is 0.279. The Hall–Kier alpha value is -2.81. The van der Waals surface area contributed by atoms with Crippen molar-refractivity contribution in [2.45, 2.75) is 45.6 Å². The fourth-order valence-electron chi connectivity index (χ4n) is 3.46. The predicted octanol–water partition coefficient (Wildman–Crippen LogP) is 5.17. The highest BCUT2D eigenvalue weighted by atomic mass is 35.5. The molecule has 8 nitrogen and oxygen atoms in total. The van der Waals surface area contributed by atoms with Crippen molar-refractivity contribution in [3.05, 3.63) is 59.1 Å². The summed E-state index contributed by atoms with van der Waals surface area (Å²) in [5.41, 5.74) is 1.57. The van der Waals surface area contributed by atoms with Crippen LogP contribution >= 0.6 is 11.6 Å². The lowest BCUT2D eigenvalue weighted by atomic mass is 10.1. The highest BCUT2D eigenvalue weighted by molar-refractivity contribution is 6.30. The van der Waals surface area contributed by atoms with E-state index in [0.29, 0.717) is 43.7 Å². The third kappa shape index (κ3) is 10.8. The summed E-state index contributed by atoms with van der Waals surface area (Å²) >= 11 is 6.00. The van der Waals surface area contributed by atoms with Crippen molar-refractivity contribution in [3.63, 3.8) is 0 Å². The number of halogens is 1. The largest absolute Gasteiger partial charge is 0.492 e. The zero-order valence-electron chi connectivity index (χ0n) is 21.1. The second kappa shape index (κ2) is 16.8. The van der Waals surface area contributed by atoms with E-state index in [-0.39, 0.29) is 19.1 Å². The third-order valence-corrected chi connectivity index (χ3v) is 5.62. The summed E-state index contributed by atoms with van der Waals surface area (Å²) in [6.07, 6.45) is 2.67. The van der Waals surface area contributed by atoms with Crippen LogP contribution in [0, 0.1) is 0 Å². The number of carbonyl (C=O) groups is 2. The lowest BCUT2D eigenvalue weighted by Gasteiger charge is -2.23. The van der Waals surface area contributed by atoms with Crippen LogP contribution in [-0.2, 0) is 20.7 Å². The van der Waals surface area contributed by atoms with Crippen LogP contribution in [0.5, 0.6) is 5.75 Å². The number of rotatable bonds is 17. The number of ether oxygens (including phenoxy) is 3. The molecule has 1 unspecified atom stereocenters. The summed E-state index contributed by atoms with van der Waals surface area (Å²) in [6, 6.07) is 14.0. The number of nitrogens with zero attached hydrogens (tertiary/aromatic N) is 1. The van der Waals surface area contributed by atoms with Crippen LogP contribution < -0.4 is 15.0 Å². The molecule has 2 rings (SSSR count). The minimum absolute atomic E-state index is 0.246. The first-order valence-electron chi connectivity index (χ1n) is 12.4. The Morgan fingerprint density at radius 3 is 2.36 bits per heavy atom. The summed E-state index contributed by atoms with van der Waals surface area (Å²) in [4.78, 5) is 25.8. The standard InChI is InChI=1S/C27H37ClN2O6/c1-3-5-6-17-34-19-16-30(23-11-9-22(28)10-12-23)27(33)29-15-18-36-24-13-7-21(8-14-24)20-25(26(31)32)35-4-2/h7-14,25H,3-6,15-20H2,1-2H3,(H,29,33)(H,31,32). The van der Waals surface area contributed by atoms with E-state index >= 15 is 0 Å². The summed E-state index contributed by atoms with van der Waals surface area (Å²) in [5.74, 6) is -0.352. The minimum Gasteiger partial charge on any atom is -0.492 e. The first-order chi connectivity index (χ1) is 17.4. The molecule has 0 aliphatic carbocycles. The maximum Gasteiger partial charge on any atom is 0.333 e. The number of aliphatic carboxylic acids is 1. The molecule has 9 heteroatoms. The molecule has 2 aromatic rings. The fourth-order valence-corrected chi connectivity index (χ4v) is 3.58. The first-order valence-corrected chi connectivity index (χ1v) is 12.8. The topological polar surface area (TPSA) is 97.3 Å². The molecule has 1 atom stereocenters. The summed E-state index contributed by atoms with van der Waals surface area (Å²) < 4.78 is 16.7. The maximum absolute atomic E-state index is 12.9. The molecule has 0 bridgehead atoms. The van der Waals surface area contributed by atoms with Gasteiger partial charge >= 0.3 is 12.0 Å². The van der Waals surface area contributed by atoms with Gasteiger partial charge < -0.3 is 24.6 Å². The van der Waals surface area contributed by atoms with Crippen LogP contribution in [0.15, 0.2) is 48.5 Å². The van der Waals surface area contributed by atoms with E-state index in [1.54, 1.807) is 48.2 Å². The van der Waals surface area contributed by atoms with Gasteiger partial charge in [0.25, 0.3) is 0 Å². The molecule has 0 aromatic heterocycles. The van der Waals surface area contributed by atoms with Gasteiger partial charge in [-0.15, -0.1) is 0 Å². The van der Waals surface area contributed by atoms with Crippen molar-refractivity contribution in [2.75, 3.05) is 44.4 Å². The molecule has 0 heterocycles. The molecule has 0 saturated carbocycles. The van der Waals surface area contributed by atoms with Crippen molar-refractivity contribution in [3.8, 4) is 5.75 Å². The number of carboxylic acids is 1. The van der Waals surface area contributed by atoms with Crippen LogP contribution in [0.4, 0.5) is 10.5 Å². The average Bonchev–Trinajstić information content (AvgIpc) is 2.87. The number of carboxylic acid groups (broad SMARTS) is 1. The Kier molecular flexibility index (Phi) is 13.7. The van der Waals surface area contributed by atoms with Crippen LogP contribution in [-0.4, -0.2) is 62.7 Å². The van der Waals surface area contributed by atoms with Gasteiger partial charge in [-0.1, -0.05) is 43.5 Å². The molecule has 0 aliphatic rings. The molecule has 2 aromatic carbocycles. The molecule has 0 aliphatic heterocycles. The van der Waals surface area contributed by atoms with Crippen LogP contribution in [0.1, 0.15) is 38.7 Å². The Bertz CT molecular complexity index is 907. The number of hydrogen-bond donors (Lipinski definition) is 2. The number of benzene rings is 2. The van der Waals surface area contributed by atoms with Gasteiger partial charge in [-0.25, -0.2) is 9.59 Å². The highest BCUT2D eigenvalue weighted by Crippen LogP contribution is 2.18. The molecule has 198 valence electrons. The summed E-state index contributed by atoms with van der Waals surface area (Å²) in [5, 5.41) is 12.7. The van der Waals surface area contributed by atoms with Crippen LogP contribution in [0.3, 0.4) is 0 Å². The minimum atomic E-state index is -0.983. The number of nitrogens with one attached hydrogen (secondary N) is 1. The molecule has 36 heavy (non-hydrogen) atoms. The van der Waals surface area contributed by atoms with E-state index in [2.05, 4.69) is 12.2 Å². The van der Waals surface area contributed by atoms with Gasteiger partial charge in [-0.05, 0) is 55.3 Å². The molecular weight excluding hydrogens is 484 g/mol. The number of anilines is 1. The highest BCUT2D eigenvalue weighted by Gasteiger charge is 2.18. The molecule has 2 N–H and O–H groups in total. The number of urea groups is 1. The third-order valence-electron chi connectivity index (χ3n) is 5.37. The van der Waals surface area contributed by atoms with Gasteiger partial charge in [0.15, 0.2) is 6.10 Å². The first kappa shape index (κ1) is 29.4. The van der Waals surface area contributed by atoms with Gasteiger partial charge in [0.2, 0.25) is 0 Å². The Morgan fingerprint density at radius 2 is 1.72 bits per heavy atom. The van der Waals surface area contributed by atoms with Gasteiger partial charge in [-0.3, -0.25) is 4.90 Å². The van der Waals surface area contributed by atoms with Crippen LogP contribution in [0.25, 0.3) is 0 Å².